The molecule has 0 bridgehead atoms. The Kier molecular flexibility index (Phi) is 5.57. The van der Waals surface area contributed by atoms with Gasteiger partial charge in [-0.15, -0.1) is 0 Å². The van der Waals surface area contributed by atoms with Crippen LogP contribution in [-0.2, 0) is 0 Å². The van der Waals surface area contributed by atoms with Gasteiger partial charge in [-0.1, -0.05) is 27.7 Å². The summed E-state index contributed by atoms with van der Waals surface area (Å²) >= 11 is 0. The van der Waals surface area contributed by atoms with Crippen molar-refractivity contribution in [1.82, 2.24) is 5.32 Å². The van der Waals surface area contributed by atoms with Crippen molar-refractivity contribution in [3.63, 3.8) is 0 Å². The van der Waals surface area contributed by atoms with Crippen LogP contribution in [0.2, 0.25) is 0 Å². The summed E-state index contributed by atoms with van der Waals surface area (Å²) in [4.78, 5) is 0. The second-order valence-corrected chi connectivity index (χ2v) is 5.12. The third-order valence-electron chi connectivity index (χ3n) is 2.21. The van der Waals surface area contributed by atoms with Gasteiger partial charge in [0.05, 0.1) is 6.61 Å². The number of aliphatic hydroxyl groups excluding tert-OH is 1. The fraction of sp³-hybridized carbons (Fsp3) is 1.00. The molecule has 0 saturated heterocycles. The van der Waals surface area contributed by atoms with Gasteiger partial charge in [-0.25, -0.2) is 0 Å². The quantitative estimate of drug-likeness (QED) is 0.691. The summed E-state index contributed by atoms with van der Waals surface area (Å²) in [6.07, 6.45) is 2.13. The molecule has 0 aromatic rings. The summed E-state index contributed by atoms with van der Waals surface area (Å²) in [7, 11) is 0. The van der Waals surface area contributed by atoms with Gasteiger partial charge in [0.25, 0.3) is 0 Å². The lowest BCUT2D eigenvalue weighted by Crippen LogP contribution is -2.41. The molecule has 0 heterocycles. The minimum Gasteiger partial charge on any atom is -0.395 e. The maximum absolute atomic E-state index is 9.17. The summed E-state index contributed by atoms with van der Waals surface area (Å²) < 4.78 is 0. The number of nitrogens with one attached hydrogen (secondary N) is 1. The van der Waals surface area contributed by atoms with Crippen LogP contribution in [0, 0.1) is 5.41 Å². The van der Waals surface area contributed by atoms with E-state index in [1.807, 2.05) is 0 Å². The van der Waals surface area contributed by atoms with E-state index < -0.39 is 0 Å². The van der Waals surface area contributed by atoms with Gasteiger partial charge in [-0.2, -0.15) is 0 Å². The Balaban J connectivity index is 3.89. The van der Waals surface area contributed by atoms with Crippen LogP contribution in [0.5, 0.6) is 0 Å². The van der Waals surface area contributed by atoms with Gasteiger partial charge in [-0.05, 0) is 25.2 Å². The Morgan fingerprint density at radius 1 is 1.31 bits per heavy atom. The van der Waals surface area contributed by atoms with Crippen LogP contribution in [-0.4, -0.2) is 23.8 Å². The average molecular weight is 187 g/mol. The molecule has 0 aromatic carbocycles. The topological polar surface area (TPSA) is 32.3 Å². The van der Waals surface area contributed by atoms with Crippen molar-refractivity contribution in [2.45, 2.75) is 59.5 Å². The average Bonchev–Trinajstić information content (AvgIpc) is 2.00. The Morgan fingerprint density at radius 3 is 2.15 bits per heavy atom. The summed E-state index contributed by atoms with van der Waals surface area (Å²) in [6, 6.07) is 0.745. The molecule has 0 rings (SSSR count). The van der Waals surface area contributed by atoms with Crippen LogP contribution in [0.4, 0.5) is 0 Å². The molecule has 2 nitrogen and oxygen atoms in total. The van der Waals surface area contributed by atoms with Crippen molar-refractivity contribution in [3.05, 3.63) is 0 Å². The number of rotatable bonds is 5. The third-order valence-corrected chi connectivity index (χ3v) is 2.21. The van der Waals surface area contributed by atoms with Crippen LogP contribution >= 0.6 is 0 Å². The molecule has 0 fully saturated rings. The Labute approximate surface area is 82.7 Å². The first-order chi connectivity index (χ1) is 5.89. The highest BCUT2D eigenvalue weighted by atomic mass is 16.3. The lowest BCUT2D eigenvalue weighted by atomic mass is 9.88. The molecular weight excluding hydrogens is 162 g/mol. The predicted octanol–water partition coefficient (Wildman–Crippen LogP) is 2.17. The summed E-state index contributed by atoms with van der Waals surface area (Å²) in [5, 5.41) is 12.6. The zero-order chi connectivity index (χ0) is 10.5. The number of hydrogen-bond acceptors (Lipinski definition) is 2. The predicted molar refractivity (Wildman–Crippen MR) is 57.8 cm³/mol. The van der Waals surface area contributed by atoms with Gasteiger partial charge in [0.2, 0.25) is 0 Å². The van der Waals surface area contributed by atoms with Gasteiger partial charge < -0.3 is 10.4 Å². The molecule has 0 aromatic heterocycles. The molecule has 0 radical (unpaired) electrons. The Bertz CT molecular complexity index is 129. The molecule has 2 heteroatoms. The van der Waals surface area contributed by atoms with Crippen molar-refractivity contribution in [2.75, 3.05) is 6.61 Å². The Hall–Kier alpha value is -0.0800. The van der Waals surface area contributed by atoms with E-state index in [0.717, 1.165) is 12.8 Å². The van der Waals surface area contributed by atoms with Crippen LogP contribution < -0.4 is 5.32 Å². The molecule has 2 N–H and O–H groups in total. The first-order valence-electron chi connectivity index (χ1n) is 5.26. The molecule has 0 aliphatic rings. The van der Waals surface area contributed by atoms with E-state index in [0.29, 0.717) is 6.04 Å². The summed E-state index contributed by atoms with van der Waals surface area (Å²) in [5.41, 5.74) is 0.286. The lowest BCUT2D eigenvalue weighted by molar-refractivity contribution is 0.189. The van der Waals surface area contributed by atoms with Crippen LogP contribution in [0.3, 0.4) is 0 Å². The fourth-order valence-electron chi connectivity index (χ4n) is 1.44. The van der Waals surface area contributed by atoms with E-state index >= 15 is 0 Å². The lowest BCUT2D eigenvalue weighted by Gasteiger charge is -2.27. The van der Waals surface area contributed by atoms with E-state index in [1.165, 1.54) is 0 Å². The first-order valence-corrected chi connectivity index (χ1v) is 5.26. The van der Waals surface area contributed by atoms with Crippen molar-refractivity contribution in [3.8, 4) is 0 Å². The zero-order valence-corrected chi connectivity index (χ0v) is 9.72. The molecular formula is C11H25NO. The molecule has 13 heavy (non-hydrogen) atoms. The molecule has 0 aliphatic carbocycles. The number of hydrogen-bond donors (Lipinski definition) is 2. The highest BCUT2D eigenvalue weighted by Gasteiger charge is 2.18. The smallest absolute Gasteiger partial charge is 0.0584 e. The summed E-state index contributed by atoms with van der Waals surface area (Å²) in [6.45, 7) is 11.2. The van der Waals surface area contributed by atoms with Gasteiger partial charge in [0, 0.05) is 12.1 Å². The van der Waals surface area contributed by atoms with Gasteiger partial charge >= 0.3 is 0 Å². The van der Waals surface area contributed by atoms with Gasteiger partial charge in [0.15, 0.2) is 0 Å². The second-order valence-electron chi connectivity index (χ2n) is 5.12. The van der Waals surface area contributed by atoms with E-state index in [2.05, 4.69) is 39.9 Å². The van der Waals surface area contributed by atoms with E-state index in [4.69, 9.17) is 0 Å². The van der Waals surface area contributed by atoms with E-state index in [1.54, 1.807) is 0 Å². The highest BCUT2D eigenvalue weighted by Crippen LogP contribution is 2.20. The maximum atomic E-state index is 9.17. The normalized spacial score (nSPS) is 17.1. The second kappa shape index (κ2) is 5.61. The third kappa shape index (κ3) is 7.03. The number of aliphatic hydroxyl groups is 1. The largest absolute Gasteiger partial charge is 0.395 e. The molecule has 0 amide bonds. The zero-order valence-electron chi connectivity index (χ0n) is 9.72. The SMILES string of the molecule is CCC(C)NC(CO)CC(C)(C)C. The minimum atomic E-state index is 0.238. The molecule has 0 saturated carbocycles. The minimum absolute atomic E-state index is 0.238. The maximum Gasteiger partial charge on any atom is 0.0584 e. The molecule has 2 unspecified atom stereocenters. The van der Waals surface area contributed by atoms with Crippen molar-refractivity contribution >= 4 is 0 Å². The summed E-state index contributed by atoms with van der Waals surface area (Å²) in [5.74, 6) is 0. The monoisotopic (exact) mass is 187 g/mol. The van der Waals surface area contributed by atoms with Crippen molar-refractivity contribution < 1.29 is 5.11 Å². The van der Waals surface area contributed by atoms with Gasteiger partial charge in [0.1, 0.15) is 0 Å². The van der Waals surface area contributed by atoms with Gasteiger partial charge in [-0.3, -0.25) is 0 Å². The van der Waals surface area contributed by atoms with Crippen molar-refractivity contribution in [1.29, 1.82) is 0 Å². The molecule has 80 valence electrons. The Morgan fingerprint density at radius 2 is 1.85 bits per heavy atom. The van der Waals surface area contributed by atoms with Crippen molar-refractivity contribution in [2.24, 2.45) is 5.41 Å². The van der Waals surface area contributed by atoms with E-state index in [-0.39, 0.29) is 18.1 Å². The fourth-order valence-corrected chi connectivity index (χ4v) is 1.44. The molecule has 0 spiro atoms. The van der Waals surface area contributed by atoms with Crippen LogP contribution in [0.15, 0.2) is 0 Å². The van der Waals surface area contributed by atoms with Crippen LogP contribution in [0.1, 0.15) is 47.5 Å². The highest BCUT2D eigenvalue weighted by molar-refractivity contribution is 4.76. The first kappa shape index (κ1) is 12.9. The molecule has 0 aliphatic heterocycles. The van der Waals surface area contributed by atoms with Crippen LogP contribution in [0.25, 0.3) is 0 Å². The van der Waals surface area contributed by atoms with E-state index in [9.17, 15) is 5.11 Å². The molecule has 2 atom stereocenters. The standard InChI is InChI=1S/C11H25NO/c1-6-9(2)12-10(8-13)7-11(3,4)5/h9-10,12-13H,6-8H2,1-5H3.